The summed E-state index contributed by atoms with van der Waals surface area (Å²) in [5, 5.41) is 11.1. The lowest BCUT2D eigenvalue weighted by Crippen LogP contribution is -2.08. The standard InChI is InChI=1S/C14H8FNO6/c1-20-14(17)8-5-12-13(6-9(8)16(18)19)21-10-3-2-7(15)4-11(10)22-12/h2-6H,1H3. The Kier molecular flexibility index (Phi) is 3.13. The summed E-state index contributed by atoms with van der Waals surface area (Å²) in [6.07, 6.45) is 0. The summed E-state index contributed by atoms with van der Waals surface area (Å²) >= 11 is 0. The van der Waals surface area contributed by atoms with Gasteiger partial charge in [-0.1, -0.05) is 0 Å². The van der Waals surface area contributed by atoms with Gasteiger partial charge in [-0.2, -0.15) is 0 Å². The molecule has 0 saturated heterocycles. The first-order valence-electron chi connectivity index (χ1n) is 6.05. The Bertz CT molecular complexity index is 804. The van der Waals surface area contributed by atoms with E-state index >= 15 is 0 Å². The molecule has 0 spiro atoms. The van der Waals surface area contributed by atoms with Crippen molar-refractivity contribution in [2.45, 2.75) is 0 Å². The number of nitro benzene ring substituents is 1. The zero-order valence-corrected chi connectivity index (χ0v) is 11.2. The van der Waals surface area contributed by atoms with Crippen LogP contribution in [0.2, 0.25) is 0 Å². The van der Waals surface area contributed by atoms with Crippen LogP contribution in [0.4, 0.5) is 10.1 Å². The Balaban J connectivity index is 2.12. The Hall–Kier alpha value is -3.16. The number of ether oxygens (including phenoxy) is 3. The lowest BCUT2D eigenvalue weighted by molar-refractivity contribution is -0.385. The molecule has 0 unspecified atom stereocenters. The number of nitro groups is 1. The average molecular weight is 305 g/mol. The van der Waals surface area contributed by atoms with E-state index in [-0.39, 0.29) is 28.6 Å². The largest absolute Gasteiger partial charge is 0.465 e. The molecule has 1 aliphatic rings. The Morgan fingerprint density at radius 2 is 1.77 bits per heavy atom. The van der Waals surface area contributed by atoms with E-state index in [0.717, 1.165) is 25.3 Å². The number of carbonyl (C=O) groups is 1. The van der Waals surface area contributed by atoms with E-state index < -0.39 is 22.4 Å². The van der Waals surface area contributed by atoms with Crippen molar-refractivity contribution in [2.24, 2.45) is 0 Å². The zero-order valence-electron chi connectivity index (χ0n) is 11.2. The third-order valence-corrected chi connectivity index (χ3v) is 3.01. The molecule has 1 heterocycles. The quantitative estimate of drug-likeness (QED) is 0.409. The van der Waals surface area contributed by atoms with Crippen LogP contribution in [0.5, 0.6) is 23.0 Å². The molecule has 22 heavy (non-hydrogen) atoms. The molecular weight excluding hydrogens is 297 g/mol. The van der Waals surface area contributed by atoms with Gasteiger partial charge in [-0.05, 0) is 12.1 Å². The van der Waals surface area contributed by atoms with Gasteiger partial charge in [-0.3, -0.25) is 10.1 Å². The molecule has 0 atom stereocenters. The summed E-state index contributed by atoms with van der Waals surface area (Å²) in [4.78, 5) is 22.0. The van der Waals surface area contributed by atoms with Gasteiger partial charge < -0.3 is 14.2 Å². The van der Waals surface area contributed by atoms with Crippen LogP contribution in [0.15, 0.2) is 30.3 Å². The van der Waals surface area contributed by atoms with Gasteiger partial charge in [0.1, 0.15) is 11.4 Å². The first kappa shape index (κ1) is 13.8. The van der Waals surface area contributed by atoms with Crippen molar-refractivity contribution in [3.63, 3.8) is 0 Å². The van der Waals surface area contributed by atoms with Gasteiger partial charge in [0.15, 0.2) is 23.0 Å². The van der Waals surface area contributed by atoms with E-state index in [9.17, 15) is 19.3 Å². The Labute approximate surface area is 123 Å². The van der Waals surface area contributed by atoms with Crippen LogP contribution in [-0.4, -0.2) is 18.0 Å². The van der Waals surface area contributed by atoms with Crippen molar-refractivity contribution in [1.82, 2.24) is 0 Å². The zero-order chi connectivity index (χ0) is 15.9. The van der Waals surface area contributed by atoms with Gasteiger partial charge in [0, 0.05) is 12.1 Å². The average Bonchev–Trinajstić information content (AvgIpc) is 2.50. The fraction of sp³-hybridized carbons (Fsp3) is 0.0714. The number of nitrogens with zero attached hydrogens (tertiary/aromatic N) is 1. The maximum Gasteiger partial charge on any atom is 0.345 e. The predicted octanol–water partition coefficient (Wildman–Crippen LogP) is 3.42. The van der Waals surface area contributed by atoms with E-state index in [1.165, 1.54) is 12.1 Å². The van der Waals surface area contributed by atoms with Crippen LogP contribution in [-0.2, 0) is 4.74 Å². The van der Waals surface area contributed by atoms with E-state index in [0.29, 0.717) is 0 Å². The number of esters is 1. The second-order valence-corrected chi connectivity index (χ2v) is 4.36. The minimum Gasteiger partial charge on any atom is -0.465 e. The molecule has 0 N–H and O–H groups in total. The van der Waals surface area contributed by atoms with E-state index in [4.69, 9.17) is 9.47 Å². The van der Waals surface area contributed by atoms with Crippen LogP contribution >= 0.6 is 0 Å². The fourth-order valence-electron chi connectivity index (χ4n) is 2.02. The molecule has 0 fully saturated rings. The van der Waals surface area contributed by atoms with Crippen molar-refractivity contribution < 1.29 is 28.3 Å². The van der Waals surface area contributed by atoms with E-state index in [2.05, 4.69) is 4.74 Å². The van der Waals surface area contributed by atoms with E-state index in [1.807, 2.05) is 0 Å². The number of halogens is 1. The molecule has 0 aliphatic carbocycles. The molecule has 2 aromatic rings. The van der Waals surface area contributed by atoms with Gasteiger partial charge in [0.05, 0.1) is 18.1 Å². The minimum absolute atomic E-state index is 0.0541. The smallest absolute Gasteiger partial charge is 0.345 e. The first-order valence-corrected chi connectivity index (χ1v) is 6.05. The monoisotopic (exact) mass is 305 g/mol. The lowest BCUT2D eigenvalue weighted by Gasteiger charge is -2.20. The van der Waals surface area contributed by atoms with Crippen LogP contribution in [0, 0.1) is 15.9 Å². The third kappa shape index (κ3) is 2.20. The maximum atomic E-state index is 13.2. The highest BCUT2D eigenvalue weighted by atomic mass is 19.1. The van der Waals surface area contributed by atoms with Gasteiger partial charge >= 0.3 is 5.97 Å². The van der Waals surface area contributed by atoms with Crippen molar-refractivity contribution in [3.05, 3.63) is 51.8 Å². The number of hydrogen-bond donors (Lipinski definition) is 0. The van der Waals surface area contributed by atoms with Crippen LogP contribution in [0.3, 0.4) is 0 Å². The van der Waals surface area contributed by atoms with Crippen molar-refractivity contribution in [2.75, 3.05) is 7.11 Å². The normalized spacial score (nSPS) is 11.5. The molecule has 2 aromatic carbocycles. The fourth-order valence-corrected chi connectivity index (χ4v) is 2.02. The summed E-state index contributed by atoms with van der Waals surface area (Å²) in [5.74, 6) is -0.974. The van der Waals surface area contributed by atoms with Gasteiger partial charge in [0.2, 0.25) is 0 Å². The SMILES string of the molecule is COC(=O)c1cc2c(cc1[N+](=O)[O-])Oc1ccc(F)cc1O2. The molecule has 0 amide bonds. The first-order chi connectivity index (χ1) is 10.5. The Morgan fingerprint density at radius 3 is 2.45 bits per heavy atom. The highest BCUT2D eigenvalue weighted by molar-refractivity contribution is 5.95. The molecule has 112 valence electrons. The van der Waals surface area contributed by atoms with E-state index in [1.54, 1.807) is 0 Å². The molecule has 7 nitrogen and oxygen atoms in total. The van der Waals surface area contributed by atoms with Crippen molar-refractivity contribution >= 4 is 11.7 Å². The topological polar surface area (TPSA) is 87.9 Å². The van der Waals surface area contributed by atoms with Crippen molar-refractivity contribution in [3.8, 4) is 23.0 Å². The van der Waals surface area contributed by atoms with Crippen LogP contribution in [0.1, 0.15) is 10.4 Å². The highest BCUT2D eigenvalue weighted by Crippen LogP contribution is 2.47. The second-order valence-electron chi connectivity index (χ2n) is 4.36. The summed E-state index contributed by atoms with van der Waals surface area (Å²) in [6.45, 7) is 0. The number of methoxy groups -OCH3 is 1. The maximum absolute atomic E-state index is 13.2. The number of hydrogen-bond acceptors (Lipinski definition) is 6. The number of fused-ring (bicyclic) bond motifs is 2. The van der Waals surface area contributed by atoms with Gasteiger partial charge in [-0.25, -0.2) is 9.18 Å². The number of rotatable bonds is 2. The van der Waals surface area contributed by atoms with Gasteiger partial charge in [-0.15, -0.1) is 0 Å². The highest BCUT2D eigenvalue weighted by Gasteiger charge is 2.29. The van der Waals surface area contributed by atoms with Gasteiger partial charge in [0.25, 0.3) is 5.69 Å². The summed E-state index contributed by atoms with van der Waals surface area (Å²) in [6, 6.07) is 5.82. The summed E-state index contributed by atoms with van der Waals surface area (Å²) in [5.41, 5.74) is -0.755. The molecular formula is C14H8FNO6. The summed E-state index contributed by atoms with van der Waals surface area (Å²) in [7, 11) is 1.10. The molecule has 0 saturated carbocycles. The van der Waals surface area contributed by atoms with Crippen molar-refractivity contribution in [1.29, 1.82) is 0 Å². The summed E-state index contributed by atoms with van der Waals surface area (Å²) < 4.78 is 28.6. The Morgan fingerprint density at radius 1 is 1.14 bits per heavy atom. The molecule has 0 bridgehead atoms. The van der Waals surface area contributed by atoms with Crippen LogP contribution < -0.4 is 9.47 Å². The molecule has 1 aliphatic heterocycles. The third-order valence-electron chi connectivity index (χ3n) is 3.01. The number of carbonyl (C=O) groups excluding carboxylic acids is 1. The molecule has 0 aromatic heterocycles. The van der Waals surface area contributed by atoms with Crippen LogP contribution in [0.25, 0.3) is 0 Å². The predicted molar refractivity (Wildman–Crippen MR) is 71.0 cm³/mol. The molecule has 0 radical (unpaired) electrons. The molecule has 3 rings (SSSR count). The lowest BCUT2D eigenvalue weighted by atomic mass is 10.1. The minimum atomic E-state index is -0.886. The second kappa shape index (κ2) is 4.99. The molecule has 8 heteroatoms. The number of benzene rings is 2.